The van der Waals surface area contributed by atoms with Gasteiger partial charge in [-0.1, -0.05) is 65.0 Å². The third-order valence-electron chi connectivity index (χ3n) is 4.57. The molecule has 1 unspecified atom stereocenters. The zero-order chi connectivity index (χ0) is 19.3. The summed E-state index contributed by atoms with van der Waals surface area (Å²) < 4.78 is 0. The van der Waals surface area contributed by atoms with Gasteiger partial charge >= 0.3 is 11.8 Å². The lowest BCUT2D eigenvalue weighted by Gasteiger charge is -2.19. The van der Waals surface area contributed by atoms with Crippen molar-refractivity contribution in [1.29, 1.82) is 0 Å². The molecule has 2 rings (SSSR count). The zero-order valence-corrected chi connectivity index (χ0v) is 16.2. The van der Waals surface area contributed by atoms with Gasteiger partial charge in [-0.3, -0.25) is 9.59 Å². The van der Waals surface area contributed by atoms with Crippen molar-refractivity contribution in [2.24, 2.45) is 0 Å². The first kappa shape index (κ1) is 19.7. The molecular weight excluding hydrogens is 324 g/mol. The van der Waals surface area contributed by atoms with Crippen LogP contribution in [0.4, 0.5) is 11.4 Å². The Morgan fingerprint density at radius 1 is 0.923 bits per heavy atom. The van der Waals surface area contributed by atoms with Gasteiger partial charge in [0.15, 0.2) is 0 Å². The molecule has 1 atom stereocenters. The highest BCUT2D eigenvalue weighted by molar-refractivity contribution is 6.43. The molecule has 138 valence electrons. The highest BCUT2D eigenvalue weighted by Crippen LogP contribution is 2.26. The minimum atomic E-state index is -0.674. The summed E-state index contributed by atoms with van der Waals surface area (Å²) in [6.45, 7) is 10.6. The van der Waals surface area contributed by atoms with E-state index in [1.165, 1.54) is 5.56 Å². The summed E-state index contributed by atoms with van der Waals surface area (Å²) in [6, 6.07) is 15.2. The van der Waals surface area contributed by atoms with E-state index in [-0.39, 0.29) is 5.41 Å². The van der Waals surface area contributed by atoms with Crippen LogP contribution in [0, 0.1) is 0 Å². The van der Waals surface area contributed by atoms with E-state index < -0.39 is 11.8 Å². The number of hydrogen-bond donors (Lipinski definition) is 2. The van der Waals surface area contributed by atoms with Crippen molar-refractivity contribution in [3.8, 4) is 0 Å². The molecule has 0 saturated heterocycles. The van der Waals surface area contributed by atoms with Crippen LogP contribution in [0.25, 0.3) is 0 Å². The van der Waals surface area contributed by atoms with Crippen molar-refractivity contribution in [2.45, 2.75) is 52.4 Å². The zero-order valence-electron chi connectivity index (χ0n) is 16.2. The number of nitrogens with one attached hydrogen (secondary N) is 2. The fraction of sp³-hybridized carbons (Fsp3) is 0.364. The third kappa shape index (κ3) is 4.94. The Morgan fingerprint density at radius 3 is 2.08 bits per heavy atom. The monoisotopic (exact) mass is 352 g/mol. The number of rotatable bonds is 4. The smallest absolute Gasteiger partial charge is 0.314 e. The van der Waals surface area contributed by atoms with Gasteiger partial charge in [-0.05, 0) is 47.1 Å². The first-order chi connectivity index (χ1) is 12.2. The summed E-state index contributed by atoms with van der Waals surface area (Å²) in [6.07, 6.45) is 0.958. The SMILES string of the molecule is CCC(C)c1ccccc1NC(=O)C(=O)Nc1ccc(C(C)(C)C)cc1. The maximum atomic E-state index is 12.3. The van der Waals surface area contributed by atoms with Gasteiger partial charge in [0, 0.05) is 11.4 Å². The van der Waals surface area contributed by atoms with E-state index in [0.717, 1.165) is 12.0 Å². The van der Waals surface area contributed by atoms with Crippen LogP contribution in [-0.4, -0.2) is 11.8 Å². The first-order valence-electron chi connectivity index (χ1n) is 9.04. The number of carbonyl (C=O) groups excluding carboxylic acids is 2. The van der Waals surface area contributed by atoms with Crippen molar-refractivity contribution >= 4 is 23.2 Å². The number of hydrogen-bond acceptors (Lipinski definition) is 2. The first-order valence-corrected chi connectivity index (χ1v) is 9.04. The van der Waals surface area contributed by atoms with Crippen LogP contribution < -0.4 is 10.6 Å². The van der Waals surface area contributed by atoms with E-state index >= 15 is 0 Å². The fourth-order valence-electron chi connectivity index (χ4n) is 2.68. The van der Waals surface area contributed by atoms with Crippen LogP contribution >= 0.6 is 0 Å². The molecule has 0 aliphatic rings. The van der Waals surface area contributed by atoms with Gasteiger partial charge < -0.3 is 10.6 Å². The summed E-state index contributed by atoms with van der Waals surface area (Å²) in [5, 5.41) is 5.38. The van der Waals surface area contributed by atoms with E-state index in [1.54, 1.807) is 0 Å². The van der Waals surface area contributed by atoms with Crippen LogP contribution in [0.3, 0.4) is 0 Å². The average Bonchev–Trinajstić information content (AvgIpc) is 2.61. The van der Waals surface area contributed by atoms with E-state index in [1.807, 2.05) is 48.5 Å². The lowest BCUT2D eigenvalue weighted by molar-refractivity contribution is -0.133. The van der Waals surface area contributed by atoms with Crippen LogP contribution in [0.1, 0.15) is 58.1 Å². The maximum absolute atomic E-state index is 12.3. The summed E-state index contributed by atoms with van der Waals surface area (Å²) in [5.74, 6) is -1.03. The van der Waals surface area contributed by atoms with Crippen molar-refractivity contribution in [3.05, 3.63) is 59.7 Å². The lowest BCUT2D eigenvalue weighted by Crippen LogP contribution is -2.29. The molecule has 2 N–H and O–H groups in total. The molecule has 0 fully saturated rings. The van der Waals surface area contributed by atoms with Crippen molar-refractivity contribution in [2.75, 3.05) is 10.6 Å². The quantitative estimate of drug-likeness (QED) is 0.754. The van der Waals surface area contributed by atoms with Crippen molar-refractivity contribution < 1.29 is 9.59 Å². The highest BCUT2D eigenvalue weighted by Gasteiger charge is 2.18. The predicted octanol–water partition coefficient (Wildman–Crippen LogP) is 5.07. The molecule has 0 radical (unpaired) electrons. The van der Waals surface area contributed by atoms with Crippen LogP contribution in [0.15, 0.2) is 48.5 Å². The molecule has 2 amide bonds. The Kier molecular flexibility index (Phi) is 6.19. The molecule has 2 aromatic carbocycles. The summed E-state index contributed by atoms with van der Waals surface area (Å²) in [7, 11) is 0. The second kappa shape index (κ2) is 8.17. The molecule has 2 aromatic rings. The molecule has 4 heteroatoms. The Labute approximate surface area is 156 Å². The van der Waals surface area contributed by atoms with Gasteiger partial charge in [0.25, 0.3) is 0 Å². The lowest BCUT2D eigenvalue weighted by atomic mass is 9.87. The van der Waals surface area contributed by atoms with Gasteiger partial charge in [-0.15, -0.1) is 0 Å². The molecule has 0 bridgehead atoms. The van der Waals surface area contributed by atoms with E-state index in [4.69, 9.17) is 0 Å². The van der Waals surface area contributed by atoms with Crippen LogP contribution in [0.2, 0.25) is 0 Å². The van der Waals surface area contributed by atoms with Gasteiger partial charge in [0.1, 0.15) is 0 Å². The van der Waals surface area contributed by atoms with Crippen molar-refractivity contribution in [3.63, 3.8) is 0 Å². The average molecular weight is 352 g/mol. The Morgan fingerprint density at radius 2 is 1.50 bits per heavy atom. The minimum absolute atomic E-state index is 0.0413. The van der Waals surface area contributed by atoms with E-state index in [9.17, 15) is 9.59 Å². The Hall–Kier alpha value is -2.62. The predicted molar refractivity (Wildman–Crippen MR) is 108 cm³/mol. The number of benzene rings is 2. The normalized spacial score (nSPS) is 12.3. The number of anilines is 2. The second-order valence-corrected chi connectivity index (χ2v) is 7.63. The summed E-state index contributed by atoms with van der Waals surface area (Å²) in [5.41, 5.74) is 3.53. The third-order valence-corrected chi connectivity index (χ3v) is 4.57. The van der Waals surface area contributed by atoms with E-state index in [2.05, 4.69) is 45.3 Å². The fourth-order valence-corrected chi connectivity index (χ4v) is 2.68. The van der Waals surface area contributed by atoms with Gasteiger partial charge in [0.05, 0.1) is 0 Å². The van der Waals surface area contributed by atoms with Crippen molar-refractivity contribution in [1.82, 2.24) is 0 Å². The van der Waals surface area contributed by atoms with Gasteiger partial charge in [-0.25, -0.2) is 0 Å². The number of carbonyl (C=O) groups is 2. The second-order valence-electron chi connectivity index (χ2n) is 7.63. The molecule has 0 saturated carbocycles. The summed E-state index contributed by atoms with van der Waals surface area (Å²) in [4.78, 5) is 24.5. The molecule has 0 aliphatic carbocycles. The van der Waals surface area contributed by atoms with Crippen LogP contribution in [-0.2, 0) is 15.0 Å². The highest BCUT2D eigenvalue weighted by atomic mass is 16.2. The van der Waals surface area contributed by atoms with Crippen LogP contribution in [0.5, 0.6) is 0 Å². The molecular formula is C22H28N2O2. The molecule has 0 heterocycles. The Balaban J connectivity index is 2.06. The summed E-state index contributed by atoms with van der Waals surface area (Å²) >= 11 is 0. The van der Waals surface area contributed by atoms with E-state index in [0.29, 0.717) is 17.3 Å². The molecule has 0 aliphatic heterocycles. The van der Waals surface area contributed by atoms with Gasteiger partial charge in [0.2, 0.25) is 0 Å². The Bertz CT molecular complexity index is 773. The topological polar surface area (TPSA) is 58.2 Å². The standard InChI is InChI=1S/C22H28N2O2/c1-6-15(2)18-9-7-8-10-19(18)24-21(26)20(25)23-17-13-11-16(12-14-17)22(3,4)5/h7-15H,6H2,1-5H3,(H,23,25)(H,24,26). The molecule has 26 heavy (non-hydrogen) atoms. The van der Waals surface area contributed by atoms with Gasteiger partial charge in [-0.2, -0.15) is 0 Å². The maximum Gasteiger partial charge on any atom is 0.314 e. The number of amides is 2. The molecule has 4 nitrogen and oxygen atoms in total. The minimum Gasteiger partial charge on any atom is -0.318 e. The molecule has 0 aromatic heterocycles. The molecule has 0 spiro atoms. The number of para-hydroxylation sites is 1. The largest absolute Gasteiger partial charge is 0.318 e.